The molecule has 0 N–H and O–H groups in total. The fourth-order valence-electron chi connectivity index (χ4n) is 3.35. The molecule has 0 radical (unpaired) electrons. The van der Waals surface area contributed by atoms with Gasteiger partial charge in [-0.25, -0.2) is 0 Å². The Hall–Kier alpha value is -0.730. The number of nitrogens with zero attached hydrogens (tertiary/aromatic N) is 3. The average molecular weight is 354 g/mol. The Balaban J connectivity index is 3.28. The Morgan fingerprint density at radius 3 is 1.16 bits per heavy atom. The van der Waals surface area contributed by atoms with Crippen molar-refractivity contribution in [2.75, 3.05) is 34.7 Å². The highest BCUT2D eigenvalue weighted by molar-refractivity contribution is 5.79. The molecular weight excluding hydrogens is 306 g/mol. The highest BCUT2D eigenvalue weighted by atomic mass is 15.3. The summed E-state index contributed by atoms with van der Waals surface area (Å²) < 4.78 is 0. The molecule has 0 aromatic carbocycles. The Kier molecular flexibility index (Phi) is 17.5. The predicted octanol–water partition coefficient (Wildman–Crippen LogP) is 6.34. The Morgan fingerprint density at radius 1 is 0.520 bits per heavy atom. The zero-order chi connectivity index (χ0) is 18.8. The minimum absolute atomic E-state index is 0.962. The van der Waals surface area contributed by atoms with E-state index in [0.717, 1.165) is 12.5 Å². The summed E-state index contributed by atoms with van der Waals surface area (Å²) in [6.45, 7) is 3.25. The van der Waals surface area contributed by atoms with Crippen LogP contribution in [0.1, 0.15) is 103 Å². The zero-order valence-corrected chi connectivity index (χ0v) is 18.2. The first-order valence-electron chi connectivity index (χ1n) is 11.0. The van der Waals surface area contributed by atoms with Crippen molar-refractivity contribution in [2.24, 2.45) is 4.99 Å². The van der Waals surface area contributed by atoms with E-state index >= 15 is 0 Å². The molecule has 0 aromatic rings. The molecular formula is C22H47N3. The van der Waals surface area contributed by atoms with E-state index < -0.39 is 0 Å². The van der Waals surface area contributed by atoms with Crippen LogP contribution in [0, 0.1) is 0 Å². The highest BCUT2D eigenvalue weighted by Crippen LogP contribution is 2.13. The van der Waals surface area contributed by atoms with Crippen molar-refractivity contribution in [3.8, 4) is 0 Å². The van der Waals surface area contributed by atoms with Crippen LogP contribution in [0.25, 0.3) is 0 Å². The Morgan fingerprint density at radius 2 is 0.840 bits per heavy atom. The molecule has 0 fully saturated rings. The summed E-state index contributed by atoms with van der Waals surface area (Å²) in [5.74, 6) is 1.07. The molecule has 0 aliphatic rings. The molecule has 0 saturated heterocycles. The molecule has 0 amide bonds. The van der Waals surface area contributed by atoms with Crippen LogP contribution >= 0.6 is 0 Å². The third-order valence-corrected chi connectivity index (χ3v) is 4.81. The lowest BCUT2D eigenvalue weighted by atomic mass is 10.0. The Bertz CT molecular complexity index is 288. The minimum Gasteiger partial charge on any atom is -0.349 e. The van der Waals surface area contributed by atoms with Gasteiger partial charge >= 0.3 is 0 Å². The van der Waals surface area contributed by atoms with Crippen molar-refractivity contribution < 1.29 is 0 Å². The van der Waals surface area contributed by atoms with E-state index in [4.69, 9.17) is 4.99 Å². The molecule has 0 atom stereocenters. The van der Waals surface area contributed by atoms with Gasteiger partial charge in [0.2, 0.25) is 0 Å². The first-order chi connectivity index (χ1) is 12.1. The quantitative estimate of drug-likeness (QED) is 0.183. The number of hydrogen-bond acceptors (Lipinski definition) is 1. The maximum Gasteiger partial charge on any atom is 0.195 e. The second kappa shape index (κ2) is 18.1. The van der Waals surface area contributed by atoms with E-state index in [-0.39, 0.29) is 0 Å². The lowest BCUT2D eigenvalue weighted by Gasteiger charge is -2.22. The van der Waals surface area contributed by atoms with Gasteiger partial charge in [0.25, 0.3) is 0 Å². The molecule has 0 aliphatic heterocycles. The SMILES string of the molecule is CCCCCCCCCCCCCCCCCN=C(N(C)C)N(C)C. The normalized spacial score (nSPS) is 10.8. The lowest BCUT2D eigenvalue weighted by molar-refractivity contribution is 0.477. The van der Waals surface area contributed by atoms with Gasteiger partial charge in [-0.05, 0) is 6.42 Å². The van der Waals surface area contributed by atoms with Crippen LogP contribution < -0.4 is 0 Å². The van der Waals surface area contributed by atoms with Gasteiger partial charge in [-0.1, -0.05) is 96.8 Å². The molecule has 0 rings (SSSR count). The molecule has 0 unspecified atom stereocenters. The van der Waals surface area contributed by atoms with Crippen molar-refractivity contribution >= 4 is 5.96 Å². The summed E-state index contributed by atoms with van der Waals surface area (Å²) in [5.41, 5.74) is 0. The molecule has 0 aromatic heterocycles. The van der Waals surface area contributed by atoms with E-state index in [9.17, 15) is 0 Å². The molecule has 0 aliphatic carbocycles. The summed E-state index contributed by atoms with van der Waals surface area (Å²) in [5, 5.41) is 0. The van der Waals surface area contributed by atoms with E-state index in [2.05, 4.69) is 44.9 Å². The van der Waals surface area contributed by atoms with Crippen LogP contribution in [0.4, 0.5) is 0 Å². The first-order valence-corrected chi connectivity index (χ1v) is 11.0. The topological polar surface area (TPSA) is 18.8 Å². The van der Waals surface area contributed by atoms with Gasteiger partial charge in [-0.3, -0.25) is 4.99 Å². The van der Waals surface area contributed by atoms with Gasteiger partial charge in [0.1, 0.15) is 0 Å². The molecule has 3 heteroatoms. The van der Waals surface area contributed by atoms with Gasteiger partial charge < -0.3 is 9.80 Å². The third-order valence-electron chi connectivity index (χ3n) is 4.81. The fourth-order valence-corrected chi connectivity index (χ4v) is 3.35. The number of rotatable bonds is 16. The maximum atomic E-state index is 4.69. The third kappa shape index (κ3) is 16.5. The molecule has 0 bridgehead atoms. The summed E-state index contributed by atoms with van der Waals surface area (Å²) >= 11 is 0. The fraction of sp³-hybridized carbons (Fsp3) is 0.955. The Labute approximate surface area is 159 Å². The van der Waals surface area contributed by atoms with Crippen molar-refractivity contribution in [1.82, 2.24) is 9.80 Å². The van der Waals surface area contributed by atoms with Gasteiger partial charge in [0.05, 0.1) is 0 Å². The van der Waals surface area contributed by atoms with Crippen molar-refractivity contribution in [1.29, 1.82) is 0 Å². The summed E-state index contributed by atoms with van der Waals surface area (Å²) in [4.78, 5) is 8.87. The second-order valence-corrected chi connectivity index (χ2v) is 7.92. The molecule has 3 nitrogen and oxygen atoms in total. The van der Waals surface area contributed by atoms with E-state index in [1.54, 1.807) is 0 Å². The monoisotopic (exact) mass is 353 g/mol. The smallest absolute Gasteiger partial charge is 0.195 e. The summed E-state index contributed by atoms with van der Waals surface area (Å²) in [6, 6.07) is 0. The predicted molar refractivity (Wildman–Crippen MR) is 115 cm³/mol. The number of hydrogen-bond donors (Lipinski definition) is 0. The van der Waals surface area contributed by atoms with Crippen molar-refractivity contribution in [3.05, 3.63) is 0 Å². The molecule has 0 heterocycles. The van der Waals surface area contributed by atoms with E-state index in [0.29, 0.717) is 0 Å². The highest BCUT2D eigenvalue weighted by Gasteiger charge is 2.02. The molecule has 0 saturated carbocycles. The maximum absolute atomic E-state index is 4.69. The number of unbranched alkanes of at least 4 members (excludes halogenated alkanes) is 14. The summed E-state index contributed by atoms with van der Waals surface area (Å²) in [6.07, 6.45) is 21.2. The van der Waals surface area contributed by atoms with Crippen LogP contribution in [0.5, 0.6) is 0 Å². The van der Waals surface area contributed by atoms with Crippen LogP contribution in [0.3, 0.4) is 0 Å². The van der Waals surface area contributed by atoms with Crippen molar-refractivity contribution in [2.45, 2.75) is 103 Å². The first kappa shape index (κ1) is 24.3. The zero-order valence-electron chi connectivity index (χ0n) is 18.2. The van der Waals surface area contributed by atoms with Gasteiger partial charge in [0, 0.05) is 34.7 Å². The average Bonchev–Trinajstić information content (AvgIpc) is 2.57. The largest absolute Gasteiger partial charge is 0.349 e. The standard InChI is InChI=1S/C22H47N3/c1-6-7-8-9-10-11-12-13-14-15-16-17-18-19-20-21-23-22(24(2)3)25(4)5/h6-21H2,1-5H3. The number of guanidine groups is 1. The molecule has 0 spiro atoms. The lowest BCUT2D eigenvalue weighted by Crippen LogP contribution is -2.35. The molecule has 25 heavy (non-hydrogen) atoms. The number of aliphatic imine (C=N–C) groups is 1. The van der Waals surface area contributed by atoms with Crippen LogP contribution in [0.15, 0.2) is 4.99 Å². The van der Waals surface area contributed by atoms with Crippen LogP contribution in [-0.2, 0) is 0 Å². The van der Waals surface area contributed by atoms with Crippen LogP contribution in [-0.4, -0.2) is 50.5 Å². The van der Waals surface area contributed by atoms with Gasteiger partial charge in [0.15, 0.2) is 5.96 Å². The van der Waals surface area contributed by atoms with Crippen molar-refractivity contribution in [3.63, 3.8) is 0 Å². The second-order valence-electron chi connectivity index (χ2n) is 7.92. The van der Waals surface area contributed by atoms with E-state index in [1.165, 1.54) is 96.3 Å². The molecule has 150 valence electrons. The van der Waals surface area contributed by atoms with E-state index in [1.807, 2.05) is 0 Å². The van der Waals surface area contributed by atoms with Crippen LogP contribution in [0.2, 0.25) is 0 Å². The summed E-state index contributed by atoms with van der Waals surface area (Å²) in [7, 11) is 8.24. The van der Waals surface area contributed by atoms with Gasteiger partial charge in [-0.15, -0.1) is 0 Å². The minimum atomic E-state index is 0.962. The van der Waals surface area contributed by atoms with Gasteiger partial charge in [-0.2, -0.15) is 0 Å².